The molecule has 22 heteroatoms. The van der Waals surface area contributed by atoms with Crippen LogP contribution in [-0.2, 0) is 34.5 Å². The Morgan fingerprint density at radius 1 is 0.769 bits per heavy atom. The Kier molecular flexibility index (Phi) is 11.6. The van der Waals surface area contributed by atoms with Crippen LogP contribution in [0.15, 0.2) is 100 Å². The number of anilines is 2. The first kappa shape index (κ1) is 39.3. The van der Waals surface area contributed by atoms with Gasteiger partial charge in [0.15, 0.2) is 15.2 Å². The van der Waals surface area contributed by atoms with Crippen LogP contribution in [0.25, 0.3) is 0 Å². The molecule has 0 aromatic heterocycles. The summed E-state index contributed by atoms with van der Waals surface area (Å²) in [6.45, 7) is 4.04. The second kappa shape index (κ2) is 15.4. The van der Waals surface area contributed by atoms with Crippen LogP contribution in [0.2, 0.25) is 0 Å². The highest BCUT2D eigenvalue weighted by Gasteiger charge is 2.23. The fourth-order valence-electron chi connectivity index (χ4n) is 4.34. The highest BCUT2D eigenvalue weighted by atomic mass is 32.3. The number of nitrogens with one attached hydrogen (secondary N) is 2. The van der Waals surface area contributed by atoms with Crippen LogP contribution in [0.4, 0.5) is 22.7 Å². The number of carboxylic acids is 1. The number of azo groups is 1. The molecule has 0 saturated carbocycles. The van der Waals surface area contributed by atoms with E-state index in [0.29, 0.717) is 22.9 Å². The molecule has 0 aliphatic heterocycles. The normalized spacial score (nSPS) is 13.1. The highest BCUT2D eigenvalue weighted by molar-refractivity contribution is 7.91. The topological polar surface area (TPSA) is 297 Å². The van der Waals surface area contributed by atoms with Crippen molar-refractivity contribution in [3.63, 3.8) is 0 Å². The summed E-state index contributed by atoms with van der Waals surface area (Å²) in [5.74, 6) is -2.52. The molecule has 19 nitrogen and oxygen atoms in total. The van der Waals surface area contributed by atoms with Gasteiger partial charge in [0.25, 0.3) is 10.1 Å². The van der Waals surface area contributed by atoms with Crippen LogP contribution in [0, 0.1) is 20.8 Å². The number of aromatic carboxylic acids is 1. The number of benzene rings is 4. The van der Waals surface area contributed by atoms with Gasteiger partial charge in [-0.3, -0.25) is 29.5 Å². The first-order valence-electron chi connectivity index (χ1n) is 14.4. The summed E-state index contributed by atoms with van der Waals surface area (Å²) in [5.41, 5.74) is 4.75. The van der Waals surface area contributed by atoms with E-state index in [4.69, 9.17) is 4.55 Å². The van der Waals surface area contributed by atoms with E-state index in [2.05, 4.69) is 35.5 Å². The summed E-state index contributed by atoms with van der Waals surface area (Å²) in [7, 11) is -14.4. The summed E-state index contributed by atoms with van der Waals surface area (Å²) < 4.78 is 93.1. The monoisotopic (exact) mass is 776 g/mol. The molecule has 0 aliphatic rings. The highest BCUT2D eigenvalue weighted by Crippen LogP contribution is 2.32. The molecule has 0 amide bonds. The summed E-state index contributed by atoms with van der Waals surface area (Å²) in [6.07, 6.45) is 0. The van der Waals surface area contributed by atoms with Crippen LogP contribution in [0.1, 0.15) is 27.0 Å². The Balaban J connectivity index is 1.65. The Morgan fingerprint density at radius 2 is 1.40 bits per heavy atom. The Morgan fingerprint density at radius 3 is 2.02 bits per heavy atom. The molecule has 0 atom stereocenters. The lowest BCUT2D eigenvalue weighted by Gasteiger charge is -2.09. The van der Waals surface area contributed by atoms with Crippen molar-refractivity contribution in [1.29, 1.82) is 0 Å². The molecular weight excluding hydrogens is 749 g/mol. The molecule has 4 aromatic rings. The number of nitrogens with zero attached hydrogens (tertiary/aromatic N) is 4. The molecule has 0 fully saturated rings. The minimum Gasteiger partial charge on any atom is -0.478 e. The molecule has 0 bridgehead atoms. The van der Waals surface area contributed by atoms with E-state index >= 15 is 0 Å². The van der Waals surface area contributed by atoms with E-state index in [1.165, 1.54) is 12.1 Å². The molecule has 0 heterocycles. The van der Waals surface area contributed by atoms with Crippen molar-refractivity contribution in [3.8, 4) is 0 Å². The molecule has 52 heavy (non-hydrogen) atoms. The van der Waals surface area contributed by atoms with Gasteiger partial charge in [-0.2, -0.15) is 32.2 Å². The maximum atomic E-state index is 13.2. The van der Waals surface area contributed by atoms with Crippen molar-refractivity contribution in [3.05, 3.63) is 114 Å². The van der Waals surface area contributed by atoms with Crippen molar-refractivity contribution in [1.82, 2.24) is 0 Å². The predicted octanol–water partition coefficient (Wildman–Crippen LogP) is 2.02. The van der Waals surface area contributed by atoms with Gasteiger partial charge in [0.1, 0.15) is 15.9 Å². The zero-order chi connectivity index (χ0) is 38.6. The number of hydrogen-bond donors (Lipinski definition) is 5. The van der Waals surface area contributed by atoms with Gasteiger partial charge in [0, 0.05) is 6.07 Å². The third-order valence-electron chi connectivity index (χ3n) is 7.02. The predicted molar refractivity (Wildman–Crippen MR) is 184 cm³/mol. The number of rotatable bonds is 13. The van der Waals surface area contributed by atoms with Gasteiger partial charge >= 0.3 is 16.4 Å². The Bertz CT molecular complexity index is 2670. The third kappa shape index (κ3) is 9.83. The fourth-order valence-corrected chi connectivity index (χ4v) is 6.57. The average Bonchev–Trinajstić information content (AvgIpc) is 3.04. The Hall–Kier alpha value is -5.52. The molecule has 0 spiro atoms. The van der Waals surface area contributed by atoms with E-state index in [1.807, 2.05) is 6.92 Å². The molecule has 0 saturated heterocycles. The number of aryl methyl sites for hydroxylation is 3. The molecule has 0 unspecified atom stereocenters. The molecule has 4 aromatic carbocycles. The zero-order valence-electron chi connectivity index (χ0n) is 27.1. The van der Waals surface area contributed by atoms with Gasteiger partial charge < -0.3 is 5.11 Å². The van der Waals surface area contributed by atoms with Crippen molar-refractivity contribution in [2.75, 3.05) is 23.2 Å². The lowest BCUT2D eigenvalue weighted by molar-refractivity contribution is 0.0694. The van der Waals surface area contributed by atoms with Gasteiger partial charge in [0.2, 0.25) is 10.9 Å². The average molecular weight is 777 g/mol. The zero-order valence-corrected chi connectivity index (χ0v) is 29.6. The van der Waals surface area contributed by atoms with Gasteiger partial charge in [-0.15, -0.1) is 5.11 Å². The third-order valence-corrected chi connectivity index (χ3v) is 10.0. The maximum Gasteiger partial charge on any atom is 0.397 e. The summed E-state index contributed by atoms with van der Waals surface area (Å²) in [5, 5.41) is 24.1. The standard InChI is InChI=1S/C30H28N6O13S3/c1-16-4-6-19(7-5-16)31-35-27-21(30(39)40)15-25(37)28(29(27)38)36-34-24-13-17(2)23(12-18(24)3)33-32-22-9-8-20(14-26(22)51(43,44)45)50(41,42)11-10-49-52(46,47)48/h4-9,12-15,31,34H,10-11H2,1-3H3,(H,39,40)(H,43,44,45)(H,46,47,48). The van der Waals surface area contributed by atoms with Crippen molar-refractivity contribution in [2.24, 2.45) is 20.4 Å². The molecular formula is C30H28N6O13S3. The Labute approximate surface area is 295 Å². The van der Waals surface area contributed by atoms with E-state index in [-0.39, 0.29) is 11.4 Å². The van der Waals surface area contributed by atoms with Crippen LogP contribution < -0.4 is 32.4 Å². The first-order valence-corrected chi connectivity index (χ1v) is 18.9. The van der Waals surface area contributed by atoms with Crippen LogP contribution >= 0.6 is 0 Å². The summed E-state index contributed by atoms with van der Waals surface area (Å²) in [6, 6.07) is 13.0. The van der Waals surface area contributed by atoms with Crippen LogP contribution in [0.3, 0.4) is 0 Å². The van der Waals surface area contributed by atoms with Crippen LogP contribution in [-0.4, -0.2) is 57.8 Å². The minimum absolute atomic E-state index is 0.173. The fraction of sp³-hybridized carbons (Fsp3) is 0.167. The SMILES string of the molecule is Cc1ccc(NN=c2c(C(=O)O)cc(=O)c(=NNc3cc(C)c(N=Nc4ccc(S(=O)(=O)CCOS(=O)(=O)O)cc4S(=O)(=O)O)cc3C)c2=O)cc1. The minimum atomic E-state index is -5.06. The van der Waals surface area contributed by atoms with Gasteiger partial charge in [0.05, 0.1) is 39.9 Å². The summed E-state index contributed by atoms with van der Waals surface area (Å²) in [4.78, 5) is 36.1. The molecule has 0 radical (unpaired) electrons. The van der Waals surface area contributed by atoms with Crippen LogP contribution in [0.5, 0.6) is 0 Å². The van der Waals surface area contributed by atoms with Gasteiger partial charge in [-0.1, -0.05) is 17.7 Å². The number of carboxylic acid groups (broad SMARTS) is 1. The van der Waals surface area contributed by atoms with Crippen molar-refractivity contribution < 1.29 is 48.4 Å². The molecule has 5 N–H and O–H groups in total. The van der Waals surface area contributed by atoms with E-state index in [9.17, 15) is 49.3 Å². The maximum absolute atomic E-state index is 13.2. The van der Waals surface area contributed by atoms with Crippen molar-refractivity contribution in [2.45, 2.75) is 30.6 Å². The lowest BCUT2D eigenvalue weighted by Crippen LogP contribution is -2.50. The lowest BCUT2D eigenvalue weighted by atomic mass is 10.1. The van der Waals surface area contributed by atoms with Gasteiger partial charge in [-0.25, -0.2) is 17.4 Å². The first-order chi connectivity index (χ1) is 24.2. The molecule has 274 valence electrons. The molecule has 0 aliphatic carbocycles. The number of carbonyl (C=O) groups is 1. The van der Waals surface area contributed by atoms with E-state index in [0.717, 1.165) is 23.8 Å². The summed E-state index contributed by atoms with van der Waals surface area (Å²) >= 11 is 0. The largest absolute Gasteiger partial charge is 0.478 e. The number of sulfone groups is 1. The second-order valence-corrected chi connectivity index (χ2v) is 15.5. The van der Waals surface area contributed by atoms with Crippen molar-refractivity contribution >= 4 is 59.1 Å². The van der Waals surface area contributed by atoms with Gasteiger partial charge in [-0.05, 0) is 74.4 Å². The quantitative estimate of drug-likeness (QED) is 0.0737. The second-order valence-electron chi connectivity index (χ2n) is 10.9. The smallest absolute Gasteiger partial charge is 0.397 e. The molecule has 4 rings (SSSR count). The van der Waals surface area contributed by atoms with E-state index in [1.54, 1.807) is 38.1 Å². The van der Waals surface area contributed by atoms with E-state index < -0.39 is 91.3 Å². The number of hydrogen-bond acceptors (Lipinski definition) is 16.